The van der Waals surface area contributed by atoms with Crippen molar-refractivity contribution in [3.8, 4) is 11.5 Å². The first-order valence-electron chi connectivity index (χ1n) is 11.5. The number of carbonyl (C=O) groups excluding carboxylic acids is 2. The van der Waals surface area contributed by atoms with Crippen LogP contribution in [0.25, 0.3) is 0 Å². The Labute approximate surface area is 204 Å². The van der Waals surface area contributed by atoms with Crippen LogP contribution in [0.5, 0.6) is 11.5 Å². The molecule has 0 saturated carbocycles. The van der Waals surface area contributed by atoms with Gasteiger partial charge in [0.25, 0.3) is 0 Å². The molecule has 1 aliphatic carbocycles. The van der Waals surface area contributed by atoms with E-state index < -0.39 is 11.9 Å². The Morgan fingerprint density at radius 2 is 1.89 bits per heavy atom. The molecule has 0 radical (unpaired) electrons. The van der Waals surface area contributed by atoms with E-state index in [4.69, 9.17) is 14.2 Å². The van der Waals surface area contributed by atoms with Crippen LogP contribution in [0, 0.1) is 11.2 Å². The third kappa shape index (κ3) is 4.94. The quantitative estimate of drug-likeness (QED) is 0.575. The fourth-order valence-electron chi connectivity index (χ4n) is 4.92. The number of nitrogens with one attached hydrogen (secondary N) is 1. The monoisotopic (exact) mass is 479 g/mol. The average Bonchev–Trinajstić information content (AvgIpc) is 2.80. The molecule has 35 heavy (non-hydrogen) atoms. The van der Waals surface area contributed by atoms with E-state index >= 15 is 0 Å². The van der Waals surface area contributed by atoms with Crippen LogP contribution in [0.1, 0.15) is 50.7 Å². The molecule has 1 unspecified atom stereocenters. The summed E-state index contributed by atoms with van der Waals surface area (Å²) in [7, 11) is 2.86. The van der Waals surface area contributed by atoms with Gasteiger partial charge in [-0.3, -0.25) is 4.79 Å². The Balaban J connectivity index is 1.74. The zero-order valence-corrected chi connectivity index (χ0v) is 20.7. The molecule has 4 rings (SSSR count). The van der Waals surface area contributed by atoms with Crippen LogP contribution in [-0.2, 0) is 20.9 Å². The van der Waals surface area contributed by atoms with Crippen LogP contribution in [0.15, 0.2) is 65.0 Å². The van der Waals surface area contributed by atoms with Gasteiger partial charge in [-0.25, -0.2) is 9.18 Å². The molecule has 7 heteroatoms. The van der Waals surface area contributed by atoms with Crippen LogP contribution in [0.2, 0.25) is 0 Å². The number of esters is 1. The van der Waals surface area contributed by atoms with Gasteiger partial charge in [0.15, 0.2) is 17.3 Å². The second-order valence-corrected chi connectivity index (χ2v) is 9.75. The number of ketones is 1. The van der Waals surface area contributed by atoms with Gasteiger partial charge in [0.2, 0.25) is 0 Å². The second kappa shape index (κ2) is 9.56. The molecule has 1 atom stereocenters. The van der Waals surface area contributed by atoms with Gasteiger partial charge in [-0.2, -0.15) is 0 Å². The van der Waals surface area contributed by atoms with Gasteiger partial charge >= 0.3 is 5.97 Å². The number of hydrogen-bond donors (Lipinski definition) is 1. The van der Waals surface area contributed by atoms with Crippen LogP contribution in [0.4, 0.5) is 4.39 Å². The fraction of sp³-hybridized carbons (Fsp3) is 0.357. The summed E-state index contributed by atoms with van der Waals surface area (Å²) in [6.45, 7) is 6.11. The standard InChI is InChI=1S/C28H30FNO5/c1-16-24(27(32)34-5)25(26-20(30-16)13-28(2,3)14-21(26)31)18-9-10-22(23(12-18)33-4)35-15-17-7-6-8-19(29)11-17/h6-12,25,30H,13-15H2,1-5H3. The predicted octanol–water partition coefficient (Wildman–Crippen LogP) is 5.19. The van der Waals surface area contributed by atoms with Crippen molar-refractivity contribution >= 4 is 11.8 Å². The molecule has 6 nitrogen and oxygen atoms in total. The largest absolute Gasteiger partial charge is 0.493 e. The van der Waals surface area contributed by atoms with Gasteiger partial charge in [-0.1, -0.05) is 32.0 Å². The molecule has 0 fully saturated rings. The molecule has 1 aliphatic heterocycles. The summed E-state index contributed by atoms with van der Waals surface area (Å²) in [4.78, 5) is 26.2. The number of methoxy groups -OCH3 is 2. The molecule has 1 heterocycles. The van der Waals surface area contributed by atoms with Crippen LogP contribution < -0.4 is 14.8 Å². The number of carbonyl (C=O) groups is 2. The summed E-state index contributed by atoms with van der Waals surface area (Å²) in [5.41, 5.74) is 3.72. The number of ether oxygens (including phenoxy) is 3. The summed E-state index contributed by atoms with van der Waals surface area (Å²) in [5, 5.41) is 3.30. The third-order valence-corrected chi connectivity index (χ3v) is 6.45. The fourth-order valence-corrected chi connectivity index (χ4v) is 4.92. The van der Waals surface area contributed by atoms with E-state index in [1.165, 1.54) is 26.4 Å². The lowest BCUT2D eigenvalue weighted by Gasteiger charge is -2.39. The molecular weight excluding hydrogens is 449 g/mol. The van der Waals surface area contributed by atoms with Gasteiger partial charge in [0.1, 0.15) is 12.4 Å². The highest BCUT2D eigenvalue weighted by atomic mass is 19.1. The molecule has 0 bridgehead atoms. The summed E-state index contributed by atoms with van der Waals surface area (Å²) >= 11 is 0. The van der Waals surface area contributed by atoms with Crippen molar-refractivity contribution < 1.29 is 28.2 Å². The minimum absolute atomic E-state index is 0.00745. The van der Waals surface area contributed by atoms with E-state index in [1.54, 1.807) is 24.3 Å². The minimum atomic E-state index is -0.589. The van der Waals surface area contributed by atoms with Crippen molar-refractivity contribution in [2.45, 2.75) is 46.1 Å². The first kappa shape index (κ1) is 24.5. The zero-order valence-electron chi connectivity index (χ0n) is 20.7. The van der Waals surface area contributed by atoms with Crippen LogP contribution in [-0.4, -0.2) is 26.0 Å². The Hall–Kier alpha value is -3.61. The van der Waals surface area contributed by atoms with Gasteiger partial charge < -0.3 is 19.5 Å². The SMILES string of the molecule is COC(=O)C1=C(C)NC2=C(C(=O)CC(C)(C)C2)C1c1ccc(OCc2cccc(F)c2)c(OC)c1. The molecule has 0 saturated heterocycles. The summed E-state index contributed by atoms with van der Waals surface area (Å²) in [6, 6.07) is 11.6. The van der Waals surface area contributed by atoms with Gasteiger partial charge in [-0.05, 0) is 54.2 Å². The molecule has 0 amide bonds. The van der Waals surface area contributed by atoms with E-state index in [-0.39, 0.29) is 23.6 Å². The summed E-state index contributed by atoms with van der Waals surface area (Å²) in [6.07, 6.45) is 1.09. The van der Waals surface area contributed by atoms with Gasteiger partial charge in [0, 0.05) is 29.3 Å². The van der Waals surface area contributed by atoms with E-state index in [9.17, 15) is 14.0 Å². The second-order valence-electron chi connectivity index (χ2n) is 9.75. The molecule has 0 spiro atoms. The highest BCUT2D eigenvalue weighted by Gasteiger charge is 2.43. The lowest BCUT2D eigenvalue weighted by molar-refractivity contribution is -0.136. The van der Waals surface area contributed by atoms with Crippen molar-refractivity contribution in [1.29, 1.82) is 0 Å². The third-order valence-electron chi connectivity index (χ3n) is 6.45. The van der Waals surface area contributed by atoms with E-state index in [0.717, 1.165) is 11.3 Å². The Bertz CT molecular complexity index is 1240. The first-order valence-corrected chi connectivity index (χ1v) is 11.5. The topological polar surface area (TPSA) is 73.9 Å². The van der Waals surface area contributed by atoms with Crippen molar-refractivity contribution in [3.05, 3.63) is 81.9 Å². The zero-order chi connectivity index (χ0) is 25.3. The Morgan fingerprint density at radius 3 is 2.57 bits per heavy atom. The van der Waals surface area contributed by atoms with Crippen molar-refractivity contribution in [3.63, 3.8) is 0 Å². The number of benzene rings is 2. The normalized spacial score (nSPS) is 19.1. The van der Waals surface area contributed by atoms with Crippen molar-refractivity contribution in [2.75, 3.05) is 14.2 Å². The first-order chi connectivity index (χ1) is 16.6. The predicted molar refractivity (Wildman–Crippen MR) is 129 cm³/mol. The lowest BCUT2D eigenvalue weighted by atomic mass is 9.68. The van der Waals surface area contributed by atoms with E-state index in [1.807, 2.05) is 13.0 Å². The minimum Gasteiger partial charge on any atom is -0.493 e. The highest BCUT2D eigenvalue weighted by molar-refractivity contribution is 6.04. The number of dihydropyridines is 1. The van der Waals surface area contributed by atoms with E-state index in [2.05, 4.69) is 19.2 Å². The maximum atomic E-state index is 13.5. The van der Waals surface area contributed by atoms with Crippen LogP contribution in [0.3, 0.4) is 0 Å². The summed E-state index contributed by atoms with van der Waals surface area (Å²) in [5.74, 6) is -0.484. The number of rotatable bonds is 6. The number of Topliss-reactive ketones (excluding diaryl/α,β-unsaturated/α-hetero) is 1. The maximum Gasteiger partial charge on any atom is 0.336 e. The number of halogens is 1. The van der Waals surface area contributed by atoms with Gasteiger partial charge in [0.05, 0.1) is 19.8 Å². The molecule has 184 valence electrons. The highest BCUT2D eigenvalue weighted by Crippen LogP contribution is 2.47. The number of hydrogen-bond acceptors (Lipinski definition) is 6. The average molecular weight is 480 g/mol. The van der Waals surface area contributed by atoms with Crippen molar-refractivity contribution in [1.82, 2.24) is 5.32 Å². The van der Waals surface area contributed by atoms with Crippen LogP contribution >= 0.6 is 0 Å². The summed E-state index contributed by atoms with van der Waals surface area (Å²) < 4.78 is 30.1. The smallest absolute Gasteiger partial charge is 0.336 e. The van der Waals surface area contributed by atoms with Gasteiger partial charge in [-0.15, -0.1) is 0 Å². The molecule has 2 aliphatic rings. The van der Waals surface area contributed by atoms with E-state index in [0.29, 0.717) is 46.7 Å². The lowest BCUT2D eigenvalue weighted by Crippen LogP contribution is -2.38. The number of allylic oxidation sites excluding steroid dienone is 3. The molecule has 1 N–H and O–H groups in total. The molecule has 2 aromatic rings. The molecule has 2 aromatic carbocycles. The Kier molecular flexibility index (Phi) is 6.70. The Morgan fingerprint density at radius 1 is 1.11 bits per heavy atom. The maximum absolute atomic E-state index is 13.5. The molecular formula is C28H30FNO5. The van der Waals surface area contributed by atoms with Crippen molar-refractivity contribution in [2.24, 2.45) is 5.41 Å². The molecule has 0 aromatic heterocycles.